The molecule has 4 atom stereocenters. The van der Waals surface area contributed by atoms with E-state index in [0.29, 0.717) is 74.2 Å². The quantitative estimate of drug-likeness (QED) is 0.0626. The number of aryl methyl sites for hydroxylation is 2. The number of halogens is 17. The van der Waals surface area contributed by atoms with Crippen molar-refractivity contribution in [3.8, 4) is 46.0 Å². The molecular weight excluding hydrogens is 1360 g/mol. The zero-order valence-electron chi connectivity index (χ0n) is 55.9. The first-order chi connectivity index (χ1) is 48.4. The second-order valence-corrected chi connectivity index (χ2v) is 25.0. The van der Waals surface area contributed by atoms with E-state index in [1.54, 1.807) is 27.7 Å². The van der Waals surface area contributed by atoms with E-state index in [1.807, 2.05) is 13.8 Å². The van der Waals surface area contributed by atoms with Crippen molar-refractivity contribution in [2.24, 2.45) is 11.8 Å². The van der Waals surface area contributed by atoms with Gasteiger partial charge in [-0.1, -0.05) is 77.6 Å². The van der Waals surface area contributed by atoms with Crippen LogP contribution < -0.4 is 23.7 Å². The van der Waals surface area contributed by atoms with Crippen molar-refractivity contribution in [1.29, 1.82) is 0 Å². The number of benzene rings is 7. The minimum absolute atomic E-state index is 0.00494. The highest BCUT2D eigenvalue weighted by Gasteiger charge is 2.37. The summed E-state index contributed by atoms with van der Waals surface area (Å²) in [5.74, 6) is -26.9. The molecule has 0 radical (unpaired) electrons. The Morgan fingerprint density at radius 1 is 0.366 bits per heavy atom. The maximum Gasteiger partial charge on any atom is 0.205 e. The van der Waals surface area contributed by atoms with Gasteiger partial charge in [0.2, 0.25) is 29.1 Å². The predicted octanol–water partition coefficient (Wildman–Crippen LogP) is 23.6. The number of ether oxygens (including phenoxy) is 7. The number of rotatable bonds is 18. The molecule has 2 saturated heterocycles. The molecule has 101 heavy (non-hydrogen) atoms. The fourth-order valence-corrected chi connectivity index (χ4v) is 12.9. The lowest BCUT2D eigenvalue weighted by Crippen LogP contribution is -2.26. The maximum absolute atomic E-state index is 15.2. The monoisotopic (exact) mass is 1430 g/mol. The van der Waals surface area contributed by atoms with Crippen LogP contribution in [0.3, 0.4) is 0 Å². The van der Waals surface area contributed by atoms with Crippen molar-refractivity contribution in [2.75, 3.05) is 26.4 Å². The average Bonchev–Trinajstić information content (AvgIpc) is 0.769. The lowest BCUT2D eigenvalue weighted by atomic mass is 9.93. The van der Waals surface area contributed by atoms with Crippen molar-refractivity contribution in [3.05, 3.63) is 209 Å². The molecule has 12 rings (SSSR count). The summed E-state index contributed by atoms with van der Waals surface area (Å²) in [6.07, 6.45) is 6.22. The van der Waals surface area contributed by atoms with E-state index in [-0.39, 0.29) is 90.9 Å². The van der Waals surface area contributed by atoms with Crippen LogP contribution in [-0.4, -0.2) is 38.6 Å². The van der Waals surface area contributed by atoms with E-state index in [9.17, 15) is 61.5 Å². The maximum atomic E-state index is 15.2. The Labute approximate surface area is 572 Å². The highest BCUT2D eigenvalue weighted by atomic mass is 19.2. The topological polar surface area (TPSA) is 64.6 Å². The van der Waals surface area contributed by atoms with E-state index in [4.69, 9.17) is 33.2 Å². The van der Waals surface area contributed by atoms with Gasteiger partial charge in [0.05, 0.1) is 54.8 Å². The number of hydrogen-bond acceptors (Lipinski definition) is 7. The molecule has 0 N–H and O–H groups in total. The van der Waals surface area contributed by atoms with E-state index in [0.717, 1.165) is 56.0 Å². The Bertz CT molecular complexity index is 4190. The summed E-state index contributed by atoms with van der Waals surface area (Å²) >= 11 is 0. The smallest absolute Gasteiger partial charge is 0.205 e. The molecule has 5 aliphatic rings. The molecule has 0 saturated carbocycles. The molecular formula is C77H71F17O7. The van der Waals surface area contributed by atoms with E-state index in [2.05, 4.69) is 0 Å². The first-order valence-corrected chi connectivity index (χ1v) is 33.5. The summed E-state index contributed by atoms with van der Waals surface area (Å²) in [5.41, 5.74) is -1.43. The first-order valence-electron chi connectivity index (χ1n) is 33.5. The van der Waals surface area contributed by atoms with E-state index < -0.39 is 168 Å². The summed E-state index contributed by atoms with van der Waals surface area (Å²) in [5, 5.41) is 0. The zero-order valence-corrected chi connectivity index (χ0v) is 55.9. The minimum atomic E-state index is -1.80. The van der Waals surface area contributed by atoms with E-state index in [1.165, 1.54) is 36.4 Å². The van der Waals surface area contributed by atoms with Crippen LogP contribution in [0, 0.1) is 75.8 Å². The van der Waals surface area contributed by atoms with Gasteiger partial charge in [0.15, 0.2) is 110 Å². The summed E-state index contributed by atoms with van der Waals surface area (Å²) in [6, 6.07) is 13.2. The molecule has 4 unspecified atom stereocenters. The lowest BCUT2D eigenvalue weighted by molar-refractivity contribution is -0.0156. The standard InChI is InChI=1S/C27H21F7O.2C25H25F5O3/c1-3-5-13-7-9-17(21(30)19(13)28)22(31)23(32)18-10-8-15-12-16-11-14(6-4-2)20(29)25(34)27(16)35-26(15)24(18)33;1-3-5-13-6-9-17(32-12-13)21(28)19(26)16-8-7-14-10-15-11-18(31-4-2)22(29)23(30)25(15)33-24(14)20(16)27;1-3-5-16-8-6-14(12-32-16)19(26)20(27)17-9-7-13-10-15-11-18(31-4-2)22(29)23(30)25(15)33-24(13)21(17)28/h7-11H,3-6,12H2,1-2H3;7-8,11,13,17H,3-6,9-10,12H2,1-2H3;7,9,11,14,16H,3-6,8,10,12H2,1-2H3/b23-22+;21-19+;20-19+. The largest absolute Gasteiger partial charge is 0.491 e. The van der Waals surface area contributed by atoms with Gasteiger partial charge in [0, 0.05) is 58.6 Å². The molecule has 0 aliphatic carbocycles. The second kappa shape index (κ2) is 32.6. The number of fused-ring (bicyclic) bond motifs is 6. The van der Waals surface area contributed by atoms with Gasteiger partial charge < -0.3 is 33.2 Å². The van der Waals surface area contributed by atoms with Crippen LogP contribution in [0.5, 0.6) is 46.0 Å². The zero-order chi connectivity index (χ0) is 72.8. The fraction of sp³-hybridized carbons (Fsp3) is 0.377. The van der Waals surface area contributed by atoms with Crippen LogP contribution in [0.15, 0.2) is 78.4 Å². The summed E-state index contributed by atoms with van der Waals surface area (Å²) in [7, 11) is 0. The Balaban J connectivity index is 0.000000163. The van der Waals surface area contributed by atoms with Crippen molar-refractivity contribution >= 4 is 23.3 Å². The molecule has 5 heterocycles. The van der Waals surface area contributed by atoms with Gasteiger partial charge >= 0.3 is 0 Å². The molecule has 540 valence electrons. The summed E-state index contributed by atoms with van der Waals surface area (Å²) in [4.78, 5) is 0. The highest BCUT2D eigenvalue weighted by molar-refractivity contribution is 5.84. The third-order valence-corrected chi connectivity index (χ3v) is 18.1. The van der Waals surface area contributed by atoms with E-state index >= 15 is 13.2 Å². The summed E-state index contributed by atoms with van der Waals surface area (Å²) < 4.78 is 287. The Kier molecular flexibility index (Phi) is 24.3. The highest BCUT2D eigenvalue weighted by Crippen LogP contribution is 2.49. The van der Waals surface area contributed by atoms with Crippen LogP contribution in [0.25, 0.3) is 23.3 Å². The lowest BCUT2D eigenvalue weighted by Gasteiger charge is -2.28. The van der Waals surface area contributed by atoms with Crippen LogP contribution in [0.4, 0.5) is 74.6 Å². The molecule has 0 bridgehead atoms. The SMILES string of the molecule is CCCC1CCC(/C(F)=C(\F)c2ccc3c(c2F)Oc2c(cc(OCC)c(F)c2F)C3)CO1.CCCC1CCC(/C(F)=C(\F)c2ccc3c(c2F)Oc2c(cc(OCC)c(F)c2F)C3)OC1.CCCc1ccc(/C(F)=C(\F)c2ccc3c(c2F)Oc2c(cc(CCC)c(F)c2F)C3)c(F)c1F. The van der Waals surface area contributed by atoms with Gasteiger partial charge in [0.25, 0.3) is 0 Å². The van der Waals surface area contributed by atoms with Gasteiger partial charge in [0.1, 0.15) is 11.9 Å². The molecule has 0 amide bonds. The van der Waals surface area contributed by atoms with Crippen LogP contribution >= 0.6 is 0 Å². The summed E-state index contributed by atoms with van der Waals surface area (Å²) in [6.45, 7) is 11.5. The first kappa shape index (κ1) is 75.2. The van der Waals surface area contributed by atoms with Crippen LogP contribution in [0.2, 0.25) is 0 Å². The molecule has 0 spiro atoms. The van der Waals surface area contributed by atoms with Gasteiger partial charge in [-0.25, -0.2) is 52.7 Å². The molecule has 24 heteroatoms. The van der Waals surface area contributed by atoms with Crippen LogP contribution in [-0.2, 0) is 41.6 Å². The van der Waals surface area contributed by atoms with Gasteiger partial charge in [-0.3, -0.25) is 0 Å². The Hall–Kier alpha value is -8.51. The fourth-order valence-electron chi connectivity index (χ4n) is 12.9. The normalized spacial score (nSPS) is 17.9. The predicted molar refractivity (Wildman–Crippen MR) is 346 cm³/mol. The average molecular weight is 1430 g/mol. The van der Waals surface area contributed by atoms with Crippen molar-refractivity contribution < 1.29 is 108 Å². The van der Waals surface area contributed by atoms with Gasteiger partial charge in [-0.05, 0) is 125 Å². The van der Waals surface area contributed by atoms with Crippen molar-refractivity contribution in [3.63, 3.8) is 0 Å². The molecule has 5 aliphatic heterocycles. The molecule has 2 fully saturated rings. The number of hydrogen-bond donors (Lipinski definition) is 0. The third-order valence-electron chi connectivity index (χ3n) is 18.1. The second-order valence-electron chi connectivity index (χ2n) is 25.0. The molecule has 7 aromatic carbocycles. The van der Waals surface area contributed by atoms with Crippen molar-refractivity contribution in [2.45, 2.75) is 150 Å². The molecule has 7 nitrogen and oxygen atoms in total. The van der Waals surface area contributed by atoms with Gasteiger partial charge in [-0.2, -0.15) is 22.0 Å². The molecule has 7 aromatic rings. The van der Waals surface area contributed by atoms with Crippen molar-refractivity contribution in [1.82, 2.24) is 0 Å². The van der Waals surface area contributed by atoms with Gasteiger partial charge in [-0.15, -0.1) is 0 Å². The molecule has 0 aromatic heterocycles. The Morgan fingerprint density at radius 3 is 1.22 bits per heavy atom. The van der Waals surface area contributed by atoms with Crippen LogP contribution in [0.1, 0.15) is 173 Å². The minimum Gasteiger partial charge on any atom is -0.491 e. The Morgan fingerprint density at radius 2 is 0.782 bits per heavy atom. The third kappa shape index (κ3) is 15.5.